The first-order chi connectivity index (χ1) is 13.5. The Labute approximate surface area is 164 Å². The molecule has 28 heavy (non-hydrogen) atoms. The fourth-order valence-corrected chi connectivity index (χ4v) is 5.32. The molecule has 146 valence electrons. The van der Waals surface area contributed by atoms with Crippen LogP contribution in [0.2, 0.25) is 0 Å². The highest BCUT2D eigenvalue weighted by Crippen LogP contribution is 2.49. The predicted octanol–water partition coefficient (Wildman–Crippen LogP) is 4.00. The fraction of sp³-hybridized carbons (Fsp3) is 0.435. The van der Waals surface area contributed by atoms with Gasteiger partial charge in [0.2, 0.25) is 0 Å². The lowest BCUT2D eigenvalue weighted by Crippen LogP contribution is -2.63. The molecule has 1 atom stereocenters. The smallest absolute Gasteiger partial charge is 0.410 e. The van der Waals surface area contributed by atoms with Gasteiger partial charge in [-0.25, -0.2) is 9.18 Å². The van der Waals surface area contributed by atoms with Crippen LogP contribution in [-0.2, 0) is 11.2 Å². The van der Waals surface area contributed by atoms with Crippen LogP contribution in [0.1, 0.15) is 35.6 Å². The van der Waals surface area contributed by atoms with Crippen molar-refractivity contribution < 1.29 is 13.9 Å². The van der Waals surface area contributed by atoms with E-state index in [-0.39, 0.29) is 24.1 Å². The molecule has 0 radical (unpaired) electrons. The van der Waals surface area contributed by atoms with Crippen molar-refractivity contribution >= 4 is 6.09 Å². The van der Waals surface area contributed by atoms with Crippen LogP contribution in [0.15, 0.2) is 48.5 Å². The van der Waals surface area contributed by atoms with Crippen LogP contribution in [0, 0.1) is 11.2 Å². The summed E-state index contributed by atoms with van der Waals surface area (Å²) < 4.78 is 19.3. The number of benzene rings is 2. The Hall–Kier alpha value is -2.40. The number of carbonyl (C=O) groups excluding carboxylic acids is 1. The fourth-order valence-electron chi connectivity index (χ4n) is 5.32. The highest BCUT2D eigenvalue weighted by Gasteiger charge is 2.53. The summed E-state index contributed by atoms with van der Waals surface area (Å²) in [5, 5.41) is 0. The number of rotatable bonds is 2. The maximum Gasteiger partial charge on any atom is 0.410 e. The van der Waals surface area contributed by atoms with E-state index in [1.54, 1.807) is 12.1 Å². The number of fused-ring (bicyclic) bond motifs is 1. The molecular weight excluding hydrogens is 355 g/mol. The van der Waals surface area contributed by atoms with E-state index in [4.69, 9.17) is 4.74 Å². The van der Waals surface area contributed by atoms with Crippen molar-refractivity contribution in [3.63, 3.8) is 0 Å². The van der Waals surface area contributed by atoms with Gasteiger partial charge < -0.3 is 9.64 Å². The van der Waals surface area contributed by atoms with E-state index in [1.165, 1.54) is 17.7 Å². The average Bonchev–Trinajstić information content (AvgIpc) is 2.65. The second kappa shape index (κ2) is 6.59. The monoisotopic (exact) mass is 380 g/mol. The summed E-state index contributed by atoms with van der Waals surface area (Å²) in [5.41, 5.74) is 3.63. The molecule has 2 fully saturated rings. The number of hydrogen-bond acceptors (Lipinski definition) is 3. The third kappa shape index (κ3) is 2.98. The Morgan fingerprint density at radius 1 is 1.11 bits per heavy atom. The Balaban J connectivity index is 1.36. The van der Waals surface area contributed by atoms with Gasteiger partial charge in [0.1, 0.15) is 11.9 Å². The molecule has 2 heterocycles. The van der Waals surface area contributed by atoms with Crippen LogP contribution in [0.4, 0.5) is 9.18 Å². The van der Waals surface area contributed by atoms with Gasteiger partial charge in [-0.05, 0) is 55.1 Å². The highest BCUT2D eigenvalue weighted by molar-refractivity contribution is 5.70. The van der Waals surface area contributed by atoms with Crippen LogP contribution in [0.5, 0.6) is 0 Å². The van der Waals surface area contributed by atoms with Crippen LogP contribution in [-0.4, -0.2) is 48.7 Å². The molecule has 1 aliphatic carbocycles. The Kier molecular flexibility index (Phi) is 4.16. The molecule has 1 saturated carbocycles. The van der Waals surface area contributed by atoms with E-state index in [1.807, 2.05) is 17.0 Å². The third-order valence-corrected chi connectivity index (χ3v) is 6.50. The zero-order valence-corrected chi connectivity index (χ0v) is 16.1. The van der Waals surface area contributed by atoms with Crippen molar-refractivity contribution in [2.24, 2.45) is 5.41 Å². The summed E-state index contributed by atoms with van der Waals surface area (Å²) in [7, 11) is 2.13. The van der Waals surface area contributed by atoms with E-state index < -0.39 is 0 Å². The van der Waals surface area contributed by atoms with Crippen LogP contribution in [0.25, 0.3) is 0 Å². The van der Waals surface area contributed by atoms with Crippen molar-refractivity contribution in [1.29, 1.82) is 0 Å². The second-order valence-electron chi connectivity index (χ2n) is 8.68. The van der Waals surface area contributed by atoms with Crippen LogP contribution in [0.3, 0.4) is 0 Å². The number of likely N-dealkylation sites (tertiary alicyclic amines) is 1. The van der Waals surface area contributed by atoms with Gasteiger partial charge in [0.25, 0.3) is 0 Å². The standard InChI is InChI=1S/C23H25FN2O2/c1-25-14-23(15-25)12-19(13-23)28-22(27)26-11-10-16-4-2-3-5-20(16)21(26)17-6-8-18(24)9-7-17/h2-9,19,21H,10-15H2,1H3/t21-/m0/s1. The number of nitrogens with zero attached hydrogens (tertiary/aromatic N) is 2. The van der Waals surface area contributed by atoms with Crippen molar-refractivity contribution in [1.82, 2.24) is 9.80 Å². The molecule has 0 bridgehead atoms. The van der Waals surface area contributed by atoms with E-state index in [0.29, 0.717) is 12.0 Å². The topological polar surface area (TPSA) is 32.8 Å². The van der Waals surface area contributed by atoms with E-state index in [9.17, 15) is 9.18 Å². The Bertz CT molecular complexity index is 884. The van der Waals surface area contributed by atoms with Gasteiger partial charge in [-0.2, -0.15) is 0 Å². The van der Waals surface area contributed by atoms with Gasteiger partial charge >= 0.3 is 6.09 Å². The first kappa shape index (κ1) is 17.7. The summed E-state index contributed by atoms with van der Waals surface area (Å²) >= 11 is 0. The zero-order valence-electron chi connectivity index (χ0n) is 16.1. The molecular formula is C23H25FN2O2. The summed E-state index contributed by atoms with van der Waals surface area (Å²) in [5.74, 6) is -0.271. The summed E-state index contributed by atoms with van der Waals surface area (Å²) in [6.45, 7) is 2.82. The molecule has 2 aromatic rings. The molecule has 4 nitrogen and oxygen atoms in total. The highest BCUT2D eigenvalue weighted by atomic mass is 19.1. The van der Waals surface area contributed by atoms with Crippen LogP contribution < -0.4 is 0 Å². The first-order valence-electron chi connectivity index (χ1n) is 10.0. The molecule has 1 amide bonds. The minimum absolute atomic E-state index is 0.0206. The zero-order chi connectivity index (χ0) is 19.3. The summed E-state index contributed by atoms with van der Waals surface area (Å²) in [4.78, 5) is 17.2. The molecule has 0 unspecified atom stereocenters. The van der Waals surface area contributed by atoms with Gasteiger partial charge in [0.05, 0.1) is 6.04 Å². The SMILES string of the molecule is CN1CC2(CC(OC(=O)N3CCc4ccccc4[C@@H]3c3ccc(F)cc3)C2)C1. The number of carbonyl (C=O) groups is 1. The molecule has 3 aliphatic rings. The predicted molar refractivity (Wildman–Crippen MR) is 105 cm³/mol. The number of hydrogen-bond donors (Lipinski definition) is 0. The number of halogens is 1. The van der Waals surface area contributed by atoms with Gasteiger partial charge in [-0.15, -0.1) is 0 Å². The van der Waals surface area contributed by atoms with Gasteiger partial charge in [0.15, 0.2) is 0 Å². The minimum Gasteiger partial charge on any atom is -0.446 e. The Morgan fingerprint density at radius 2 is 1.82 bits per heavy atom. The molecule has 5 rings (SSSR count). The Morgan fingerprint density at radius 3 is 2.54 bits per heavy atom. The molecule has 2 aliphatic heterocycles. The largest absolute Gasteiger partial charge is 0.446 e. The average molecular weight is 380 g/mol. The first-order valence-corrected chi connectivity index (χ1v) is 10.0. The quantitative estimate of drug-likeness (QED) is 0.789. The van der Waals surface area contributed by atoms with Gasteiger partial charge in [0, 0.05) is 25.0 Å². The minimum atomic E-state index is -0.271. The molecule has 5 heteroatoms. The van der Waals surface area contributed by atoms with Gasteiger partial charge in [-0.3, -0.25) is 4.90 Å². The number of amides is 1. The summed E-state index contributed by atoms with van der Waals surface area (Å²) in [6, 6.07) is 14.4. The van der Waals surface area contributed by atoms with Crippen molar-refractivity contribution in [3.05, 3.63) is 71.0 Å². The molecule has 0 aromatic heterocycles. The lowest BCUT2D eigenvalue weighted by atomic mass is 9.62. The molecule has 1 spiro atoms. The normalized spacial score (nSPS) is 23.6. The summed E-state index contributed by atoms with van der Waals surface area (Å²) in [6.07, 6.45) is 2.51. The van der Waals surface area contributed by atoms with E-state index >= 15 is 0 Å². The maximum atomic E-state index is 13.5. The molecule has 2 aromatic carbocycles. The molecule has 1 saturated heterocycles. The van der Waals surface area contributed by atoms with Gasteiger partial charge in [-0.1, -0.05) is 36.4 Å². The molecule has 0 N–H and O–H groups in total. The lowest BCUT2D eigenvalue weighted by Gasteiger charge is -2.57. The van der Waals surface area contributed by atoms with Crippen molar-refractivity contribution in [3.8, 4) is 0 Å². The second-order valence-corrected chi connectivity index (χ2v) is 8.68. The van der Waals surface area contributed by atoms with E-state index in [0.717, 1.165) is 43.5 Å². The lowest BCUT2D eigenvalue weighted by molar-refractivity contribution is -0.126. The van der Waals surface area contributed by atoms with Crippen molar-refractivity contribution in [2.45, 2.75) is 31.4 Å². The van der Waals surface area contributed by atoms with Crippen LogP contribution >= 0.6 is 0 Å². The van der Waals surface area contributed by atoms with E-state index in [2.05, 4.69) is 24.1 Å². The maximum absolute atomic E-state index is 13.5. The number of ether oxygens (including phenoxy) is 1. The third-order valence-electron chi connectivity index (χ3n) is 6.50. The van der Waals surface area contributed by atoms with Crippen molar-refractivity contribution in [2.75, 3.05) is 26.7 Å².